The van der Waals surface area contributed by atoms with Gasteiger partial charge in [0.2, 0.25) is 0 Å². The van der Waals surface area contributed by atoms with Gasteiger partial charge in [-0.1, -0.05) is 220 Å². The zero-order chi connectivity index (χ0) is 48.9. The normalized spacial score (nSPS) is 14.6. The number of hydrogen-bond donors (Lipinski definition) is 2. The Morgan fingerprint density at radius 2 is 1.01 bits per heavy atom. The van der Waals surface area contributed by atoms with Crippen LogP contribution in [0.3, 0.4) is 0 Å². The summed E-state index contributed by atoms with van der Waals surface area (Å²) in [4.78, 5) is 7.83. The van der Waals surface area contributed by atoms with Crippen LogP contribution in [0.15, 0.2) is 247 Å². The molecule has 0 radical (unpaired) electrons. The van der Waals surface area contributed by atoms with Crippen molar-refractivity contribution in [2.24, 2.45) is 10.7 Å². The zero-order valence-electron chi connectivity index (χ0n) is 40.7. The van der Waals surface area contributed by atoms with Gasteiger partial charge in [-0.3, -0.25) is 4.99 Å². The number of allylic oxidation sites excluding steroid dienone is 4. The fourth-order valence-electron chi connectivity index (χ4n) is 10.7. The van der Waals surface area contributed by atoms with Crippen molar-refractivity contribution in [3.05, 3.63) is 276 Å². The Hall–Kier alpha value is -8.44. The molecule has 3 N–H and O–H groups in total. The van der Waals surface area contributed by atoms with E-state index >= 15 is 0 Å². The summed E-state index contributed by atoms with van der Waals surface area (Å²) in [6.07, 6.45) is 7.81. The second-order valence-electron chi connectivity index (χ2n) is 18.6. The fraction of sp³-hybridized carbons (Fsp3) is 0.104. The number of fused-ring (bicyclic) bond motifs is 6. The summed E-state index contributed by atoms with van der Waals surface area (Å²) in [5, 5.41) is 5.50. The van der Waals surface area contributed by atoms with Gasteiger partial charge in [-0.15, -0.1) is 0 Å². The molecule has 0 aromatic heterocycles. The summed E-state index contributed by atoms with van der Waals surface area (Å²) < 4.78 is 0. The first-order valence-electron chi connectivity index (χ1n) is 24.5. The molecule has 2 aliphatic carbocycles. The lowest BCUT2D eigenvalue weighted by molar-refractivity contribution is 0.660. The van der Waals surface area contributed by atoms with E-state index in [1.807, 2.05) is 0 Å². The van der Waals surface area contributed by atoms with Gasteiger partial charge >= 0.3 is 0 Å². The Bertz CT molecular complexity index is 3400. The molecule has 9 aromatic rings. The highest BCUT2D eigenvalue weighted by Gasteiger charge is 2.36. The summed E-state index contributed by atoms with van der Waals surface area (Å²) >= 11 is 0. The molecule has 0 fully saturated rings. The molecule has 1 heterocycles. The molecule has 346 valence electrons. The van der Waals surface area contributed by atoms with Crippen LogP contribution in [0.1, 0.15) is 59.6 Å². The lowest BCUT2D eigenvalue weighted by Gasteiger charge is -2.25. The minimum atomic E-state index is -0.0256. The number of rotatable bonds is 9. The molecule has 0 saturated carbocycles. The highest BCUT2D eigenvalue weighted by atomic mass is 15.2. The third-order valence-corrected chi connectivity index (χ3v) is 14.3. The molecular weight excluding hydrogens is 861 g/mol. The van der Waals surface area contributed by atoms with Gasteiger partial charge < -0.3 is 16.0 Å². The van der Waals surface area contributed by atoms with Gasteiger partial charge in [0.1, 0.15) is 0 Å². The van der Waals surface area contributed by atoms with Crippen molar-refractivity contribution in [3.8, 4) is 55.6 Å². The minimum absolute atomic E-state index is 0.0256. The van der Waals surface area contributed by atoms with E-state index in [0.717, 1.165) is 28.9 Å². The third-order valence-electron chi connectivity index (χ3n) is 14.3. The standard InChI is InChI=1S/C65H50N2.CH5N.CH3N/c1-65(2)60-19-11-9-17-56(60)57-39-35-53(41-61(57)65)49-25-27-50(28-26-49)54-36-40-59-58-18-10-12-20-62(58)67(63(59)42-54)55-37-33-52(34-38-55)64(51-31-29-48(30-32-51)46-15-7-4-8-16-46)66-43-44-21-23-47(24-22-44)45-13-5-3-6-14-45;2*1-2/h3-17,19-42,58H,18,43H2,1-2H3;2H2,1H3;2H,1H2. The highest BCUT2D eigenvalue weighted by Crippen LogP contribution is 2.52. The van der Waals surface area contributed by atoms with Crippen LogP contribution < -0.4 is 10.6 Å². The first-order chi connectivity index (χ1) is 35.0. The quantitative estimate of drug-likeness (QED) is 0.142. The van der Waals surface area contributed by atoms with Crippen LogP contribution in [-0.4, -0.2) is 19.5 Å². The Kier molecular flexibility index (Phi) is 13.2. The first-order valence-corrected chi connectivity index (χ1v) is 24.5. The Balaban J connectivity index is 0.00000142. The van der Waals surface area contributed by atoms with Gasteiger partial charge in [-0.2, -0.15) is 0 Å². The maximum absolute atomic E-state index is 5.50. The van der Waals surface area contributed by atoms with Crippen molar-refractivity contribution in [2.75, 3.05) is 11.9 Å². The first kappa shape index (κ1) is 46.3. The summed E-state index contributed by atoms with van der Waals surface area (Å²) in [5.74, 6) is 0.319. The van der Waals surface area contributed by atoms with Crippen molar-refractivity contribution < 1.29 is 0 Å². The number of nitrogens with two attached hydrogens (primary N) is 1. The number of nitrogens with zero attached hydrogens (tertiary/aromatic N) is 2. The predicted molar refractivity (Wildman–Crippen MR) is 301 cm³/mol. The Morgan fingerprint density at radius 3 is 1.65 bits per heavy atom. The maximum Gasteiger partial charge on any atom is 0.0723 e. The summed E-state index contributed by atoms with van der Waals surface area (Å²) in [6.45, 7) is 7.78. The van der Waals surface area contributed by atoms with Gasteiger partial charge in [0.25, 0.3) is 0 Å². The van der Waals surface area contributed by atoms with Gasteiger partial charge in [-0.25, -0.2) is 0 Å². The van der Waals surface area contributed by atoms with Gasteiger partial charge in [0.15, 0.2) is 0 Å². The van der Waals surface area contributed by atoms with E-state index in [2.05, 4.69) is 268 Å². The number of benzene rings is 9. The summed E-state index contributed by atoms with van der Waals surface area (Å²) in [7, 11) is 1.50. The summed E-state index contributed by atoms with van der Waals surface area (Å²) in [6, 6.07) is 80.0. The van der Waals surface area contributed by atoms with Crippen molar-refractivity contribution >= 4 is 23.8 Å². The highest BCUT2D eigenvalue weighted by molar-refractivity contribution is 6.13. The molecule has 71 heavy (non-hydrogen) atoms. The van der Waals surface area contributed by atoms with Crippen LogP contribution in [0.5, 0.6) is 0 Å². The number of nitrogens with one attached hydrogen (secondary N) is 1. The molecule has 0 saturated heterocycles. The molecule has 0 spiro atoms. The van der Waals surface area contributed by atoms with Crippen molar-refractivity contribution in [3.63, 3.8) is 0 Å². The van der Waals surface area contributed by atoms with E-state index in [0.29, 0.717) is 12.5 Å². The average Bonchev–Trinajstić information content (AvgIpc) is 3.90. The second-order valence-corrected chi connectivity index (χ2v) is 18.6. The molecule has 0 bridgehead atoms. The Morgan fingerprint density at radius 1 is 0.535 bits per heavy atom. The molecule has 12 rings (SSSR count). The molecule has 4 nitrogen and oxygen atoms in total. The van der Waals surface area contributed by atoms with Crippen LogP contribution in [0.4, 0.5) is 11.4 Å². The van der Waals surface area contributed by atoms with Gasteiger partial charge in [0, 0.05) is 33.8 Å². The summed E-state index contributed by atoms with van der Waals surface area (Å²) in [5.41, 5.74) is 29.2. The molecule has 0 amide bonds. The van der Waals surface area contributed by atoms with E-state index < -0.39 is 0 Å². The third kappa shape index (κ3) is 8.91. The molecule has 1 unspecified atom stereocenters. The minimum Gasteiger partial charge on any atom is -0.333 e. The lowest BCUT2D eigenvalue weighted by atomic mass is 9.81. The van der Waals surface area contributed by atoms with Gasteiger partial charge in [-0.05, 0) is 128 Å². The lowest BCUT2D eigenvalue weighted by Crippen LogP contribution is -2.15. The van der Waals surface area contributed by atoms with Crippen molar-refractivity contribution in [2.45, 2.75) is 38.1 Å². The number of anilines is 2. The molecule has 1 aliphatic heterocycles. The fourth-order valence-corrected chi connectivity index (χ4v) is 10.7. The van der Waals surface area contributed by atoms with Crippen LogP contribution in [-0.2, 0) is 12.0 Å². The number of aliphatic imine (C=N–C) groups is 1. The van der Waals surface area contributed by atoms with E-state index in [4.69, 9.17) is 10.4 Å². The molecular formula is C67H58N4. The van der Waals surface area contributed by atoms with E-state index in [-0.39, 0.29) is 5.41 Å². The smallest absolute Gasteiger partial charge is 0.0723 e. The van der Waals surface area contributed by atoms with Crippen LogP contribution >= 0.6 is 0 Å². The van der Waals surface area contributed by atoms with Crippen molar-refractivity contribution in [1.82, 2.24) is 0 Å². The van der Waals surface area contributed by atoms with Crippen LogP contribution in [0.2, 0.25) is 0 Å². The van der Waals surface area contributed by atoms with Crippen molar-refractivity contribution in [1.29, 1.82) is 5.41 Å². The molecule has 9 aromatic carbocycles. The monoisotopic (exact) mass is 918 g/mol. The molecule has 3 aliphatic rings. The van der Waals surface area contributed by atoms with Gasteiger partial charge in [0.05, 0.1) is 17.9 Å². The number of hydrogen-bond acceptors (Lipinski definition) is 4. The largest absolute Gasteiger partial charge is 0.333 e. The predicted octanol–water partition coefficient (Wildman–Crippen LogP) is 16.6. The van der Waals surface area contributed by atoms with E-state index in [1.54, 1.807) is 0 Å². The Labute approximate surface area is 419 Å². The maximum atomic E-state index is 5.50. The van der Waals surface area contributed by atoms with E-state index in [9.17, 15) is 0 Å². The zero-order valence-corrected chi connectivity index (χ0v) is 40.7. The second kappa shape index (κ2) is 20.3. The van der Waals surface area contributed by atoms with Crippen LogP contribution in [0.25, 0.3) is 55.6 Å². The van der Waals surface area contributed by atoms with Crippen LogP contribution in [0, 0.1) is 5.41 Å². The van der Waals surface area contributed by atoms with E-state index in [1.165, 1.54) is 96.3 Å². The average molecular weight is 919 g/mol. The molecule has 1 atom stereocenters. The topological polar surface area (TPSA) is 65.5 Å². The SMILES string of the molecule is C=N.CC1(C)c2ccccc2-c2ccc(-c3ccc(-c4ccc5c(c4)N(c4ccc(C(=NCc6ccc(-c7ccccc7)cc6)c6ccc(-c7ccccc7)cc6)cc4)C4=CC=CCC45)cc3)cc21.CN. The molecule has 4 heteroatoms.